The van der Waals surface area contributed by atoms with Crippen molar-refractivity contribution in [2.45, 2.75) is 31.2 Å². The summed E-state index contributed by atoms with van der Waals surface area (Å²) < 4.78 is 49.1. The monoisotopic (exact) mass is 468 g/mol. The van der Waals surface area contributed by atoms with E-state index in [9.17, 15) is 18.3 Å². The van der Waals surface area contributed by atoms with Gasteiger partial charge in [0.2, 0.25) is 5.88 Å². The summed E-state index contributed by atoms with van der Waals surface area (Å²) >= 11 is 3.28. The molecule has 0 radical (unpaired) electrons. The Kier molecular flexibility index (Phi) is 5.07. The lowest BCUT2D eigenvalue weighted by Crippen LogP contribution is -2.36. The van der Waals surface area contributed by atoms with Crippen LogP contribution in [-0.2, 0) is 18.3 Å². The molecule has 0 aliphatic heterocycles. The van der Waals surface area contributed by atoms with E-state index in [0.29, 0.717) is 18.6 Å². The molecule has 1 N–H and O–H groups in total. The van der Waals surface area contributed by atoms with Crippen molar-refractivity contribution in [3.05, 3.63) is 64.8 Å². The van der Waals surface area contributed by atoms with Crippen molar-refractivity contribution in [2.75, 3.05) is 0 Å². The second-order valence-electron chi connectivity index (χ2n) is 6.89. The Hall–Kier alpha value is -2.46. The highest BCUT2D eigenvalue weighted by molar-refractivity contribution is 9.10. The zero-order valence-corrected chi connectivity index (χ0v) is 16.6. The smallest absolute Gasteiger partial charge is 0.433 e. The van der Waals surface area contributed by atoms with Crippen molar-refractivity contribution in [1.82, 2.24) is 19.7 Å². The first-order valence-corrected chi connectivity index (χ1v) is 9.62. The normalized spacial score (nSPS) is 16.4. The Balaban J connectivity index is 1.73. The van der Waals surface area contributed by atoms with Crippen LogP contribution in [0.25, 0.3) is 0 Å². The van der Waals surface area contributed by atoms with Gasteiger partial charge < -0.3 is 9.84 Å². The molecular weight excluding hydrogens is 453 g/mol. The average Bonchev–Trinajstić information content (AvgIpc) is 3.42. The van der Waals surface area contributed by atoms with Crippen LogP contribution in [0.15, 0.2) is 53.5 Å². The van der Waals surface area contributed by atoms with Gasteiger partial charge in [-0.3, -0.25) is 0 Å². The largest absolute Gasteiger partial charge is 0.439 e. The molecule has 1 saturated carbocycles. The van der Waals surface area contributed by atoms with E-state index in [0.717, 1.165) is 4.47 Å². The van der Waals surface area contributed by atoms with Crippen LogP contribution in [0, 0.1) is 5.92 Å². The first kappa shape index (κ1) is 19.8. The van der Waals surface area contributed by atoms with E-state index in [1.807, 2.05) is 0 Å². The SMILES string of the molecule is O[C@@](Cn1cncn1)(c1ccc(Oc2ccc(Br)cc2)nc1C(F)(F)F)C1CC1. The number of nitrogens with zero attached hydrogens (tertiary/aromatic N) is 4. The molecule has 1 aliphatic carbocycles. The summed E-state index contributed by atoms with van der Waals surface area (Å²) in [4.78, 5) is 7.50. The molecule has 0 saturated heterocycles. The Morgan fingerprint density at radius 2 is 1.86 bits per heavy atom. The van der Waals surface area contributed by atoms with E-state index in [1.54, 1.807) is 24.3 Å². The zero-order valence-electron chi connectivity index (χ0n) is 15.0. The van der Waals surface area contributed by atoms with E-state index in [2.05, 4.69) is 31.0 Å². The fourth-order valence-electron chi connectivity index (χ4n) is 3.24. The van der Waals surface area contributed by atoms with Gasteiger partial charge in [0.1, 0.15) is 24.0 Å². The van der Waals surface area contributed by atoms with Crippen LogP contribution in [0.5, 0.6) is 11.6 Å². The molecule has 6 nitrogen and oxygen atoms in total. The van der Waals surface area contributed by atoms with Crippen molar-refractivity contribution in [3.63, 3.8) is 0 Å². The number of pyridine rings is 1. The minimum absolute atomic E-state index is 0.144. The molecule has 1 aromatic carbocycles. The Morgan fingerprint density at radius 1 is 1.14 bits per heavy atom. The maximum Gasteiger partial charge on any atom is 0.433 e. The molecule has 2 aromatic heterocycles. The fourth-order valence-corrected chi connectivity index (χ4v) is 3.51. The molecule has 1 aliphatic rings. The number of aliphatic hydroxyl groups is 1. The number of halogens is 4. The summed E-state index contributed by atoms with van der Waals surface area (Å²) in [5.74, 6) is -0.170. The van der Waals surface area contributed by atoms with Crippen molar-refractivity contribution in [3.8, 4) is 11.6 Å². The van der Waals surface area contributed by atoms with Gasteiger partial charge >= 0.3 is 6.18 Å². The minimum Gasteiger partial charge on any atom is -0.439 e. The van der Waals surface area contributed by atoms with Crippen LogP contribution >= 0.6 is 15.9 Å². The molecule has 1 fully saturated rings. The number of hydrogen-bond donors (Lipinski definition) is 1. The zero-order chi connectivity index (χ0) is 20.6. The molecule has 10 heteroatoms. The van der Waals surface area contributed by atoms with Gasteiger partial charge in [0.15, 0.2) is 5.69 Å². The predicted molar refractivity (Wildman–Crippen MR) is 100 cm³/mol. The standard InChI is InChI=1S/C19H16BrF3N4O2/c20-13-3-5-14(6-4-13)29-16-8-7-15(17(26-16)19(21,22)23)18(28,12-1-2-12)9-27-11-24-10-25-27/h3-8,10-12,28H,1-2,9H2/t18-/m1/s1. The Morgan fingerprint density at radius 3 is 2.45 bits per heavy atom. The van der Waals surface area contributed by atoms with Crippen molar-refractivity contribution < 1.29 is 23.0 Å². The van der Waals surface area contributed by atoms with E-state index < -0.39 is 17.5 Å². The summed E-state index contributed by atoms with van der Waals surface area (Å²) in [5, 5.41) is 15.2. The highest BCUT2D eigenvalue weighted by Gasteiger charge is 2.50. The lowest BCUT2D eigenvalue weighted by molar-refractivity contribution is -0.145. The Labute approximate surface area is 172 Å². The molecule has 152 valence electrons. The Bertz CT molecular complexity index is 992. The molecule has 3 aromatic rings. The van der Waals surface area contributed by atoms with Gasteiger partial charge in [-0.1, -0.05) is 15.9 Å². The molecule has 29 heavy (non-hydrogen) atoms. The quantitative estimate of drug-likeness (QED) is 0.574. The van der Waals surface area contributed by atoms with Gasteiger partial charge in [0.25, 0.3) is 0 Å². The van der Waals surface area contributed by atoms with Crippen molar-refractivity contribution in [2.24, 2.45) is 5.92 Å². The molecule has 4 rings (SSSR count). The minimum atomic E-state index is -4.76. The topological polar surface area (TPSA) is 73.1 Å². The summed E-state index contributed by atoms with van der Waals surface area (Å²) in [6, 6.07) is 9.20. The van der Waals surface area contributed by atoms with Crippen molar-refractivity contribution >= 4 is 15.9 Å². The van der Waals surface area contributed by atoms with E-state index >= 15 is 0 Å². The molecule has 0 unspecified atom stereocenters. The number of alkyl halides is 3. The third kappa shape index (κ3) is 4.27. The number of benzene rings is 1. The molecule has 2 heterocycles. The number of rotatable bonds is 6. The molecule has 1 atom stereocenters. The summed E-state index contributed by atoms with van der Waals surface area (Å²) in [7, 11) is 0. The van der Waals surface area contributed by atoms with E-state index in [1.165, 1.54) is 29.5 Å². The van der Waals surface area contributed by atoms with Crippen LogP contribution < -0.4 is 4.74 Å². The maximum absolute atomic E-state index is 13.8. The number of aromatic nitrogens is 4. The van der Waals surface area contributed by atoms with Crippen LogP contribution in [0.1, 0.15) is 24.1 Å². The highest BCUT2D eigenvalue weighted by Crippen LogP contribution is 2.49. The lowest BCUT2D eigenvalue weighted by atomic mass is 9.87. The van der Waals surface area contributed by atoms with Gasteiger partial charge in [-0.15, -0.1) is 0 Å². The number of ether oxygens (including phenoxy) is 1. The van der Waals surface area contributed by atoms with Gasteiger partial charge in [0.05, 0.1) is 6.54 Å². The van der Waals surface area contributed by atoms with Crippen molar-refractivity contribution in [1.29, 1.82) is 0 Å². The third-order valence-electron chi connectivity index (χ3n) is 4.76. The number of hydrogen-bond acceptors (Lipinski definition) is 5. The first-order valence-electron chi connectivity index (χ1n) is 8.82. The molecule has 0 amide bonds. The first-order chi connectivity index (χ1) is 13.8. The third-order valence-corrected chi connectivity index (χ3v) is 5.29. The highest BCUT2D eigenvalue weighted by atomic mass is 79.9. The predicted octanol–water partition coefficient (Wildman–Crippen LogP) is 4.54. The van der Waals surface area contributed by atoms with Crippen LogP contribution in [0.2, 0.25) is 0 Å². The summed E-state index contributed by atoms with van der Waals surface area (Å²) in [6.07, 6.45) is -0.886. The van der Waals surface area contributed by atoms with Gasteiger partial charge in [-0.05, 0) is 49.1 Å². The second kappa shape index (κ2) is 7.42. The van der Waals surface area contributed by atoms with Crippen LogP contribution in [-0.4, -0.2) is 24.9 Å². The van der Waals surface area contributed by atoms with Gasteiger partial charge in [0, 0.05) is 16.1 Å². The van der Waals surface area contributed by atoms with E-state index in [-0.39, 0.29) is 23.9 Å². The second-order valence-corrected chi connectivity index (χ2v) is 7.81. The van der Waals surface area contributed by atoms with Crippen LogP contribution in [0.3, 0.4) is 0 Å². The molecule has 0 bridgehead atoms. The van der Waals surface area contributed by atoms with E-state index in [4.69, 9.17) is 4.74 Å². The maximum atomic E-state index is 13.8. The fraction of sp³-hybridized carbons (Fsp3) is 0.316. The summed E-state index contributed by atoms with van der Waals surface area (Å²) in [5.41, 5.74) is -3.21. The lowest BCUT2D eigenvalue weighted by Gasteiger charge is -2.30. The molecular formula is C19H16BrF3N4O2. The molecule has 0 spiro atoms. The summed E-state index contributed by atoms with van der Waals surface area (Å²) in [6.45, 7) is -0.144. The van der Waals surface area contributed by atoms with Gasteiger partial charge in [-0.2, -0.15) is 18.3 Å². The van der Waals surface area contributed by atoms with Crippen LogP contribution in [0.4, 0.5) is 13.2 Å². The average molecular weight is 469 g/mol. The van der Waals surface area contributed by atoms with Gasteiger partial charge in [-0.25, -0.2) is 14.6 Å².